The fourth-order valence-corrected chi connectivity index (χ4v) is 1.26. The second kappa shape index (κ2) is 6.45. The van der Waals surface area contributed by atoms with Crippen LogP contribution in [-0.2, 0) is 19.1 Å². The van der Waals surface area contributed by atoms with E-state index in [2.05, 4.69) is 0 Å². The molecular formula is C11H18O4. The van der Waals surface area contributed by atoms with Crippen LogP contribution in [0.5, 0.6) is 0 Å². The molecule has 0 aromatic heterocycles. The average Bonchev–Trinajstić information content (AvgIpc) is 2.27. The third-order valence-electron chi connectivity index (χ3n) is 2.38. The Balaban J connectivity index is 4.86. The third kappa shape index (κ3) is 3.55. The number of hydrogen-bond acceptors (Lipinski definition) is 4. The summed E-state index contributed by atoms with van der Waals surface area (Å²) in [4.78, 5) is 34.7. The number of ether oxygens (including phenoxy) is 1. The van der Waals surface area contributed by atoms with Gasteiger partial charge >= 0.3 is 0 Å². The van der Waals surface area contributed by atoms with E-state index in [9.17, 15) is 14.4 Å². The van der Waals surface area contributed by atoms with Gasteiger partial charge < -0.3 is 4.74 Å². The van der Waals surface area contributed by atoms with Gasteiger partial charge in [-0.05, 0) is 6.92 Å². The summed E-state index contributed by atoms with van der Waals surface area (Å²) in [6.07, 6.45) is -0.321. The maximum absolute atomic E-state index is 11.7. The van der Waals surface area contributed by atoms with Gasteiger partial charge in [-0.25, -0.2) is 0 Å². The van der Waals surface area contributed by atoms with Crippen LogP contribution in [0.25, 0.3) is 0 Å². The van der Waals surface area contributed by atoms with E-state index < -0.39 is 17.8 Å². The zero-order chi connectivity index (χ0) is 12.0. The minimum atomic E-state index is -1.13. The highest BCUT2D eigenvalue weighted by Crippen LogP contribution is 2.11. The number of methoxy groups -OCH3 is 1. The molecule has 0 aliphatic heterocycles. The van der Waals surface area contributed by atoms with Crippen LogP contribution >= 0.6 is 0 Å². The van der Waals surface area contributed by atoms with E-state index in [1.54, 1.807) is 20.8 Å². The van der Waals surface area contributed by atoms with Crippen molar-refractivity contribution in [2.24, 2.45) is 5.92 Å². The molecule has 15 heavy (non-hydrogen) atoms. The van der Waals surface area contributed by atoms with Crippen LogP contribution in [0.2, 0.25) is 0 Å². The molecule has 0 saturated heterocycles. The van der Waals surface area contributed by atoms with Crippen molar-refractivity contribution in [3.8, 4) is 0 Å². The Morgan fingerprint density at radius 3 is 1.73 bits per heavy atom. The monoisotopic (exact) mass is 214 g/mol. The SMILES string of the molecule is CCC(=O)C(C(=O)CC)C(=O)C(C)OC. The molecular weight excluding hydrogens is 196 g/mol. The number of ketones is 3. The summed E-state index contributed by atoms with van der Waals surface area (Å²) in [6.45, 7) is 4.83. The molecule has 0 amide bonds. The van der Waals surface area contributed by atoms with Crippen molar-refractivity contribution in [1.82, 2.24) is 0 Å². The van der Waals surface area contributed by atoms with Crippen LogP contribution in [0.1, 0.15) is 33.6 Å². The van der Waals surface area contributed by atoms with Gasteiger partial charge in [0.15, 0.2) is 17.3 Å². The lowest BCUT2D eigenvalue weighted by molar-refractivity contribution is -0.144. The van der Waals surface area contributed by atoms with Gasteiger partial charge in [-0.2, -0.15) is 0 Å². The number of rotatable bonds is 7. The number of Topliss-reactive ketones (excluding diaryl/α,β-unsaturated/α-hetero) is 3. The summed E-state index contributed by atoms with van der Waals surface area (Å²) < 4.78 is 4.83. The second-order valence-electron chi connectivity index (χ2n) is 3.35. The van der Waals surface area contributed by atoms with Gasteiger partial charge in [0.05, 0.1) is 0 Å². The molecule has 0 fully saturated rings. The standard InChI is InChI=1S/C11H18O4/c1-5-8(12)10(9(13)6-2)11(14)7(3)15-4/h7,10H,5-6H2,1-4H3. The van der Waals surface area contributed by atoms with Crippen LogP contribution in [-0.4, -0.2) is 30.6 Å². The molecule has 0 spiro atoms. The largest absolute Gasteiger partial charge is 0.374 e. The number of carbonyl (C=O) groups excluding carboxylic acids is 3. The Bertz CT molecular complexity index is 241. The van der Waals surface area contributed by atoms with Gasteiger partial charge in [0.25, 0.3) is 0 Å². The van der Waals surface area contributed by atoms with Crippen LogP contribution in [0.15, 0.2) is 0 Å². The van der Waals surface area contributed by atoms with Gasteiger partial charge in [0.1, 0.15) is 12.0 Å². The minimum absolute atomic E-state index is 0.193. The van der Waals surface area contributed by atoms with Crippen molar-refractivity contribution in [1.29, 1.82) is 0 Å². The zero-order valence-corrected chi connectivity index (χ0v) is 9.70. The molecule has 86 valence electrons. The molecule has 0 N–H and O–H groups in total. The summed E-state index contributed by atoms with van der Waals surface area (Å²) in [5.41, 5.74) is 0. The molecule has 4 nitrogen and oxygen atoms in total. The normalized spacial score (nSPS) is 12.6. The van der Waals surface area contributed by atoms with Crippen LogP contribution in [0.4, 0.5) is 0 Å². The summed E-state index contributed by atoms with van der Waals surface area (Å²) >= 11 is 0. The van der Waals surface area contributed by atoms with E-state index >= 15 is 0 Å². The molecule has 0 heterocycles. The molecule has 1 atom stereocenters. The summed E-state index contributed by atoms with van der Waals surface area (Å²) in [5.74, 6) is -2.21. The van der Waals surface area contributed by atoms with Crippen molar-refractivity contribution in [2.45, 2.75) is 39.7 Å². The summed E-state index contributed by atoms with van der Waals surface area (Å²) in [7, 11) is 1.38. The quantitative estimate of drug-likeness (QED) is 0.597. The molecule has 0 aromatic rings. The molecule has 0 aliphatic carbocycles. The third-order valence-corrected chi connectivity index (χ3v) is 2.38. The first-order valence-electron chi connectivity index (χ1n) is 5.11. The first-order valence-corrected chi connectivity index (χ1v) is 5.11. The van der Waals surface area contributed by atoms with Gasteiger partial charge in [-0.15, -0.1) is 0 Å². The molecule has 0 aromatic carbocycles. The van der Waals surface area contributed by atoms with E-state index in [4.69, 9.17) is 4.74 Å². The fourth-order valence-electron chi connectivity index (χ4n) is 1.26. The molecule has 0 bridgehead atoms. The smallest absolute Gasteiger partial charge is 0.179 e. The second-order valence-corrected chi connectivity index (χ2v) is 3.35. The molecule has 0 aliphatic rings. The van der Waals surface area contributed by atoms with Crippen LogP contribution < -0.4 is 0 Å². The van der Waals surface area contributed by atoms with Crippen LogP contribution in [0, 0.1) is 5.92 Å². The van der Waals surface area contributed by atoms with E-state index in [1.165, 1.54) is 7.11 Å². The highest BCUT2D eigenvalue weighted by Gasteiger charge is 2.33. The number of hydrogen-bond donors (Lipinski definition) is 0. The van der Waals surface area contributed by atoms with Crippen molar-refractivity contribution in [3.63, 3.8) is 0 Å². The Morgan fingerprint density at radius 1 is 1.07 bits per heavy atom. The number of carbonyl (C=O) groups is 3. The lowest BCUT2D eigenvalue weighted by Crippen LogP contribution is -2.37. The Morgan fingerprint density at radius 2 is 1.47 bits per heavy atom. The fraction of sp³-hybridized carbons (Fsp3) is 0.727. The lowest BCUT2D eigenvalue weighted by Gasteiger charge is -2.15. The molecule has 1 unspecified atom stereocenters. The van der Waals surface area contributed by atoms with Crippen molar-refractivity contribution >= 4 is 17.3 Å². The van der Waals surface area contributed by atoms with Gasteiger partial charge in [-0.3, -0.25) is 14.4 Å². The first kappa shape index (κ1) is 14.0. The van der Waals surface area contributed by atoms with E-state index in [1.807, 2.05) is 0 Å². The highest BCUT2D eigenvalue weighted by atomic mass is 16.5. The predicted octanol–water partition coefficient (Wildman–Crippen LogP) is 1.16. The summed E-state index contributed by atoms with van der Waals surface area (Å²) in [6, 6.07) is 0. The van der Waals surface area contributed by atoms with Crippen molar-refractivity contribution in [2.75, 3.05) is 7.11 Å². The maximum Gasteiger partial charge on any atom is 0.179 e. The predicted molar refractivity (Wildman–Crippen MR) is 55.6 cm³/mol. The van der Waals surface area contributed by atoms with Gasteiger partial charge in [-0.1, -0.05) is 13.8 Å². The minimum Gasteiger partial charge on any atom is -0.374 e. The lowest BCUT2D eigenvalue weighted by atomic mass is 9.89. The van der Waals surface area contributed by atoms with Crippen molar-refractivity contribution < 1.29 is 19.1 Å². The Kier molecular flexibility index (Phi) is 6.01. The Labute approximate surface area is 90.0 Å². The summed E-state index contributed by atoms with van der Waals surface area (Å²) in [5, 5.41) is 0. The molecule has 0 radical (unpaired) electrons. The highest BCUT2D eigenvalue weighted by molar-refractivity contribution is 6.20. The van der Waals surface area contributed by atoms with Gasteiger partial charge in [0, 0.05) is 20.0 Å². The first-order chi connectivity index (χ1) is 6.99. The van der Waals surface area contributed by atoms with Gasteiger partial charge in [0.2, 0.25) is 0 Å². The van der Waals surface area contributed by atoms with E-state index in [-0.39, 0.29) is 24.4 Å². The van der Waals surface area contributed by atoms with Crippen LogP contribution in [0.3, 0.4) is 0 Å². The molecule has 0 saturated carbocycles. The average molecular weight is 214 g/mol. The van der Waals surface area contributed by atoms with Crippen molar-refractivity contribution in [3.05, 3.63) is 0 Å². The van der Waals surface area contributed by atoms with E-state index in [0.29, 0.717) is 0 Å². The maximum atomic E-state index is 11.7. The van der Waals surface area contributed by atoms with E-state index in [0.717, 1.165) is 0 Å². The topological polar surface area (TPSA) is 60.4 Å². The molecule has 4 heteroatoms. The Hall–Kier alpha value is -1.03. The molecule has 0 rings (SSSR count). The zero-order valence-electron chi connectivity index (χ0n) is 9.70.